The summed E-state index contributed by atoms with van der Waals surface area (Å²) in [5.74, 6) is 1.03. The van der Waals surface area contributed by atoms with Crippen molar-refractivity contribution in [1.82, 2.24) is 9.97 Å². The van der Waals surface area contributed by atoms with Gasteiger partial charge in [-0.05, 0) is 36.4 Å². The maximum absolute atomic E-state index is 14.0. The Morgan fingerprint density at radius 2 is 1.77 bits per heavy atom. The van der Waals surface area contributed by atoms with E-state index in [1.807, 2.05) is 17.5 Å². The van der Waals surface area contributed by atoms with E-state index in [0.29, 0.717) is 49.3 Å². The Bertz CT molecular complexity index is 1660. The van der Waals surface area contributed by atoms with Crippen molar-refractivity contribution in [1.29, 1.82) is 0 Å². The quantitative estimate of drug-likeness (QED) is 0.236. The lowest BCUT2D eigenvalue weighted by molar-refractivity contribution is 0.391. The first-order chi connectivity index (χ1) is 18.9. The van der Waals surface area contributed by atoms with E-state index in [0.717, 1.165) is 5.56 Å². The maximum atomic E-state index is 14.0. The van der Waals surface area contributed by atoms with E-state index in [4.69, 9.17) is 14.2 Å². The van der Waals surface area contributed by atoms with E-state index in [2.05, 4.69) is 9.97 Å². The van der Waals surface area contributed by atoms with Gasteiger partial charge in [-0.25, -0.2) is 13.6 Å². The molecule has 5 rings (SSSR count). The number of benzene rings is 3. The normalized spacial score (nSPS) is 11.8. The molecule has 2 heterocycles. The highest BCUT2D eigenvalue weighted by atomic mass is 32.2. The lowest BCUT2D eigenvalue weighted by Crippen LogP contribution is -2.25. The van der Waals surface area contributed by atoms with Gasteiger partial charge in [-0.15, -0.1) is 11.3 Å². The molecule has 0 aliphatic carbocycles. The molecule has 200 valence electrons. The molecule has 0 bridgehead atoms. The van der Waals surface area contributed by atoms with E-state index in [9.17, 15) is 13.7 Å². The molecule has 39 heavy (non-hydrogen) atoms. The fourth-order valence-electron chi connectivity index (χ4n) is 4.19. The molecule has 3 aromatic carbocycles. The molecule has 0 spiro atoms. The van der Waals surface area contributed by atoms with Gasteiger partial charge in [-0.1, -0.05) is 6.07 Å². The number of anilines is 1. The molecule has 0 aliphatic rings. The van der Waals surface area contributed by atoms with Crippen LogP contribution in [-0.2, 0) is 17.5 Å². The summed E-state index contributed by atoms with van der Waals surface area (Å²) in [5, 5.41) is 14.1. The van der Waals surface area contributed by atoms with E-state index < -0.39 is 16.8 Å². The first kappa shape index (κ1) is 26.4. The molecule has 2 aromatic heterocycles. The number of hydrogen-bond donors (Lipinski definition) is 1. The van der Waals surface area contributed by atoms with Crippen LogP contribution in [0.1, 0.15) is 5.56 Å². The van der Waals surface area contributed by atoms with Crippen molar-refractivity contribution < 1.29 is 27.9 Å². The fraction of sp³-hybridized carbons (Fsp3) is 0.143. The minimum absolute atomic E-state index is 0.0775. The number of halogens is 1. The fourth-order valence-corrected chi connectivity index (χ4v) is 6.17. The van der Waals surface area contributed by atoms with Gasteiger partial charge < -0.3 is 19.3 Å². The number of thiazole rings is 1. The van der Waals surface area contributed by atoms with Crippen LogP contribution in [0.2, 0.25) is 0 Å². The summed E-state index contributed by atoms with van der Waals surface area (Å²) in [7, 11) is 2.89. The molecule has 5 aromatic rings. The van der Waals surface area contributed by atoms with E-state index in [1.54, 1.807) is 55.1 Å². The molecular weight excluding hydrogens is 541 g/mol. The van der Waals surface area contributed by atoms with Crippen molar-refractivity contribution in [2.24, 2.45) is 0 Å². The summed E-state index contributed by atoms with van der Waals surface area (Å²) < 4.78 is 45.7. The molecular formula is C28H24FN3O5S2. The van der Waals surface area contributed by atoms with Gasteiger partial charge in [0.05, 0.1) is 44.7 Å². The van der Waals surface area contributed by atoms with Crippen LogP contribution in [0.15, 0.2) is 77.3 Å². The summed E-state index contributed by atoms with van der Waals surface area (Å²) >= 11 is 1.36. The predicted octanol–water partition coefficient (Wildman–Crippen LogP) is 5.96. The van der Waals surface area contributed by atoms with Gasteiger partial charge >= 0.3 is 0 Å². The molecule has 0 amide bonds. The van der Waals surface area contributed by atoms with Gasteiger partial charge in [0.15, 0.2) is 16.1 Å². The van der Waals surface area contributed by atoms with Crippen molar-refractivity contribution in [2.45, 2.75) is 11.4 Å². The first-order valence-corrected chi connectivity index (χ1v) is 13.7. The lowest BCUT2D eigenvalue weighted by atomic mass is 10.0. The number of fused-ring (bicyclic) bond motifs is 1. The monoisotopic (exact) mass is 565 g/mol. The zero-order valence-corrected chi connectivity index (χ0v) is 22.9. The largest absolute Gasteiger partial charge is 0.506 e. The summed E-state index contributed by atoms with van der Waals surface area (Å²) in [6.07, 6.45) is 2.96. The molecule has 1 N–H and O–H groups in total. The second kappa shape index (κ2) is 11.3. The number of methoxy groups -OCH3 is 3. The maximum Gasteiger partial charge on any atom is 0.197 e. The minimum Gasteiger partial charge on any atom is -0.506 e. The number of aromatic hydroxyl groups is 1. The van der Waals surface area contributed by atoms with Gasteiger partial charge in [0.2, 0.25) is 0 Å². The molecule has 0 saturated carbocycles. The molecule has 11 heteroatoms. The average Bonchev–Trinajstić information content (AvgIpc) is 3.50. The summed E-state index contributed by atoms with van der Waals surface area (Å²) in [4.78, 5) is 9.22. The van der Waals surface area contributed by atoms with Crippen LogP contribution in [-0.4, -0.2) is 40.6 Å². The van der Waals surface area contributed by atoms with Crippen LogP contribution < -0.4 is 18.5 Å². The SMILES string of the molecule is COc1ccc(CN(c2nccs2)S(=O)c2ccc3c(-c4ccc(F)cc4OC)ncc(O)c3c2)c(OC)c1. The van der Waals surface area contributed by atoms with Crippen LogP contribution in [0.4, 0.5) is 9.52 Å². The van der Waals surface area contributed by atoms with Gasteiger partial charge in [-0.2, -0.15) is 0 Å². The minimum atomic E-state index is -1.70. The third-order valence-corrected chi connectivity index (χ3v) is 8.37. The van der Waals surface area contributed by atoms with Crippen LogP contribution in [0.25, 0.3) is 22.0 Å². The molecule has 8 nitrogen and oxygen atoms in total. The Morgan fingerprint density at radius 3 is 2.49 bits per heavy atom. The van der Waals surface area contributed by atoms with Crippen LogP contribution in [0.3, 0.4) is 0 Å². The van der Waals surface area contributed by atoms with Crippen molar-refractivity contribution >= 4 is 38.2 Å². The second-order valence-corrected chi connectivity index (χ2v) is 10.6. The number of ether oxygens (including phenoxy) is 3. The first-order valence-electron chi connectivity index (χ1n) is 11.7. The standard InChI is InChI=1S/C28H24FN3O5S2/c1-35-19-6-4-17(25(13-19)36-2)16-32(28-30-10-11-38-28)39(34)20-7-9-21-23(14-20)24(33)15-31-27(21)22-8-5-18(29)12-26(22)37-3/h4-15,33H,16H2,1-3H3. The summed E-state index contributed by atoms with van der Waals surface area (Å²) in [6.45, 7) is 0.242. The summed E-state index contributed by atoms with van der Waals surface area (Å²) in [6, 6.07) is 14.7. The molecule has 0 saturated heterocycles. The number of nitrogens with zero attached hydrogens (tertiary/aromatic N) is 3. The molecule has 0 fully saturated rings. The van der Waals surface area contributed by atoms with Gasteiger partial charge in [0.1, 0.15) is 28.8 Å². The van der Waals surface area contributed by atoms with Gasteiger partial charge in [-0.3, -0.25) is 9.29 Å². The smallest absolute Gasteiger partial charge is 0.197 e. The number of rotatable bonds is 9. The Morgan fingerprint density at radius 1 is 0.949 bits per heavy atom. The highest BCUT2D eigenvalue weighted by molar-refractivity contribution is 7.86. The van der Waals surface area contributed by atoms with Crippen molar-refractivity contribution in [3.8, 4) is 34.3 Å². The Balaban J connectivity index is 1.57. The highest BCUT2D eigenvalue weighted by Crippen LogP contribution is 2.38. The van der Waals surface area contributed by atoms with Crippen molar-refractivity contribution in [2.75, 3.05) is 25.6 Å². The van der Waals surface area contributed by atoms with E-state index in [-0.39, 0.29) is 12.3 Å². The topological polar surface area (TPSA) is 94.0 Å². The van der Waals surface area contributed by atoms with Gasteiger partial charge in [0, 0.05) is 45.6 Å². The molecule has 1 unspecified atom stereocenters. The zero-order valence-electron chi connectivity index (χ0n) is 21.3. The Hall–Kier alpha value is -4.22. The zero-order chi connectivity index (χ0) is 27.5. The second-order valence-electron chi connectivity index (χ2n) is 8.32. The highest BCUT2D eigenvalue weighted by Gasteiger charge is 2.23. The van der Waals surface area contributed by atoms with Crippen LogP contribution >= 0.6 is 11.3 Å². The third-order valence-electron chi connectivity index (χ3n) is 6.10. The van der Waals surface area contributed by atoms with Crippen LogP contribution in [0, 0.1) is 5.82 Å². The third kappa shape index (κ3) is 5.23. The van der Waals surface area contributed by atoms with Crippen molar-refractivity contribution in [3.63, 3.8) is 0 Å². The van der Waals surface area contributed by atoms with E-state index in [1.165, 1.54) is 36.8 Å². The number of pyridine rings is 1. The number of hydrogen-bond acceptors (Lipinski definition) is 8. The van der Waals surface area contributed by atoms with Crippen LogP contribution in [0.5, 0.6) is 23.0 Å². The van der Waals surface area contributed by atoms with Gasteiger partial charge in [0.25, 0.3) is 0 Å². The predicted molar refractivity (Wildman–Crippen MR) is 150 cm³/mol. The number of aromatic nitrogens is 2. The molecule has 1 atom stereocenters. The molecule has 0 aliphatic heterocycles. The Labute approximate surface area is 230 Å². The Kier molecular flexibility index (Phi) is 7.62. The molecule has 0 radical (unpaired) electrons. The van der Waals surface area contributed by atoms with Crippen molar-refractivity contribution in [3.05, 3.63) is 83.8 Å². The average molecular weight is 566 g/mol. The lowest BCUT2D eigenvalue weighted by Gasteiger charge is -2.22. The van der Waals surface area contributed by atoms with E-state index >= 15 is 0 Å². The summed E-state index contributed by atoms with van der Waals surface area (Å²) in [5.41, 5.74) is 1.85.